The fraction of sp³-hybridized carbons (Fsp3) is 0.769. The van der Waals surface area contributed by atoms with Gasteiger partial charge in [-0.15, -0.1) is 5.10 Å². The third-order valence-electron chi connectivity index (χ3n) is 2.83. The average molecular weight is 301 g/mol. The Bertz CT molecular complexity index is 435. The lowest BCUT2D eigenvalue weighted by atomic mass is 10.2. The molecule has 1 unspecified atom stereocenters. The highest BCUT2D eigenvalue weighted by Gasteiger charge is 2.20. The summed E-state index contributed by atoms with van der Waals surface area (Å²) in [4.78, 5) is 11.6. The molecule has 1 aromatic rings. The Morgan fingerprint density at radius 2 is 2.14 bits per heavy atom. The lowest BCUT2D eigenvalue weighted by molar-refractivity contribution is 0.00547. The smallest absolute Gasteiger partial charge is 0.360 e. The zero-order valence-electron chi connectivity index (χ0n) is 12.7. The van der Waals surface area contributed by atoms with Crippen LogP contribution < -0.4 is 0 Å². The standard InChI is InChI=1S/C13H23N3O5/c1-4-5-11-12(13(18)20-3)14-15-16(11)8-10(17)9-21-7-6-19-2/h10,17H,4-9H2,1-3H3. The molecule has 0 aliphatic heterocycles. The molecule has 21 heavy (non-hydrogen) atoms. The molecule has 0 aromatic carbocycles. The third-order valence-corrected chi connectivity index (χ3v) is 2.83. The minimum absolute atomic E-state index is 0.169. The fourth-order valence-electron chi connectivity index (χ4n) is 1.83. The minimum Gasteiger partial charge on any atom is -0.464 e. The van der Waals surface area contributed by atoms with Gasteiger partial charge in [0.1, 0.15) is 0 Å². The van der Waals surface area contributed by atoms with Gasteiger partial charge in [0, 0.05) is 7.11 Å². The number of nitrogens with zero attached hydrogens (tertiary/aromatic N) is 3. The summed E-state index contributed by atoms with van der Waals surface area (Å²) >= 11 is 0. The molecule has 1 N–H and O–H groups in total. The minimum atomic E-state index is -0.732. The summed E-state index contributed by atoms with van der Waals surface area (Å²) in [5.74, 6) is -0.518. The normalized spacial score (nSPS) is 12.4. The Morgan fingerprint density at radius 3 is 2.76 bits per heavy atom. The number of carbonyl (C=O) groups excluding carboxylic acids is 1. The van der Waals surface area contributed by atoms with E-state index in [0.717, 1.165) is 6.42 Å². The summed E-state index contributed by atoms with van der Waals surface area (Å²) in [5.41, 5.74) is 0.868. The number of carbonyl (C=O) groups is 1. The topological polar surface area (TPSA) is 95.7 Å². The molecule has 0 radical (unpaired) electrons. The first-order chi connectivity index (χ1) is 10.1. The van der Waals surface area contributed by atoms with Gasteiger partial charge in [-0.25, -0.2) is 9.48 Å². The Balaban J connectivity index is 2.65. The third kappa shape index (κ3) is 5.41. The maximum Gasteiger partial charge on any atom is 0.360 e. The predicted molar refractivity (Wildman–Crippen MR) is 74.1 cm³/mol. The van der Waals surface area contributed by atoms with Gasteiger partial charge in [-0.1, -0.05) is 18.6 Å². The molecule has 1 aromatic heterocycles. The van der Waals surface area contributed by atoms with Crippen LogP contribution in [0.1, 0.15) is 29.5 Å². The second-order valence-electron chi connectivity index (χ2n) is 4.53. The first-order valence-electron chi connectivity index (χ1n) is 6.89. The van der Waals surface area contributed by atoms with E-state index >= 15 is 0 Å². The molecular formula is C13H23N3O5. The van der Waals surface area contributed by atoms with Gasteiger partial charge >= 0.3 is 5.97 Å². The average Bonchev–Trinajstić information content (AvgIpc) is 2.86. The largest absolute Gasteiger partial charge is 0.464 e. The Hall–Kier alpha value is -1.51. The molecule has 0 aliphatic rings. The van der Waals surface area contributed by atoms with Crippen LogP contribution in [-0.4, -0.2) is 66.2 Å². The van der Waals surface area contributed by atoms with Crippen LogP contribution in [0, 0.1) is 0 Å². The van der Waals surface area contributed by atoms with Gasteiger partial charge in [-0.05, 0) is 6.42 Å². The molecule has 0 spiro atoms. The van der Waals surface area contributed by atoms with E-state index < -0.39 is 12.1 Å². The summed E-state index contributed by atoms with van der Waals surface area (Å²) in [5, 5.41) is 17.7. The zero-order valence-corrected chi connectivity index (χ0v) is 12.7. The van der Waals surface area contributed by atoms with E-state index in [1.807, 2.05) is 6.92 Å². The van der Waals surface area contributed by atoms with E-state index in [0.29, 0.717) is 25.3 Å². The number of ether oxygens (including phenoxy) is 3. The van der Waals surface area contributed by atoms with Gasteiger partial charge < -0.3 is 19.3 Å². The van der Waals surface area contributed by atoms with Crippen LogP contribution in [0.25, 0.3) is 0 Å². The first-order valence-corrected chi connectivity index (χ1v) is 6.89. The number of aliphatic hydroxyl groups excluding tert-OH is 1. The van der Waals surface area contributed by atoms with E-state index in [9.17, 15) is 9.90 Å². The van der Waals surface area contributed by atoms with Gasteiger partial charge in [-0.2, -0.15) is 0 Å². The van der Waals surface area contributed by atoms with Crippen LogP contribution in [0.2, 0.25) is 0 Å². The lowest BCUT2D eigenvalue weighted by Gasteiger charge is -2.13. The summed E-state index contributed by atoms with van der Waals surface area (Å²) in [7, 11) is 2.89. The van der Waals surface area contributed by atoms with Crippen molar-refractivity contribution in [3.8, 4) is 0 Å². The number of hydrogen-bond acceptors (Lipinski definition) is 7. The Kier molecular flexibility index (Phi) is 7.88. The van der Waals surface area contributed by atoms with Gasteiger partial charge in [0.25, 0.3) is 0 Å². The van der Waals surface area contributed by atoms with Crippen molar-refractivity contribution < 1.29 is 24.1 Å². The van der Waals surface area contributed by atoms with Crippen LogP contribution in [0.4, 0.5) is 0 Å². The molecule has 0 saturated heterocycles. The van der Waals surface area contributed by atoms with E-state index in [4.69, 9.17) is 9.47 Å². The van der Waals surface area contributed by atoms with Crippen molar-refractivity contribution in [3.63, 3.8) is 0 Å². The first kappa shape index (κ1) is 17.5. The molecule has 8 nitrogen and oxygen atoms in total. The molecule has 0 fully saturated rings. The highest BCUT2D eigenvalue weighted by molar-refractivity contribution is 5.88. The molecule has 0 amide bonds. The van der Waals surface area contributed by atoms with E-state index in [1.54, 1.807) is 7.11 Å². The Morgan fingerprint density at radius 1 is 1.38 bits per heavy atom. The van der Waals surface area contributed by atoms with E-state index in [1.165, 1.54) is 11.8 Å². The molecule has 0 saturated carbocycles. The second-order valence-corrected chi connectivity index (χ2v) is 4.53. The monoisotopic (exact) mass is 301 g/mol. The van der Waals surface area contributed by atoms with Crippen LogP contribution in [0.5, 0.6) is 0 Å². The highest BCUT2D eigenvalue weighted by Crippen LogP contribution is 2.10. The van der Waals surface area contributed by atoms with Gasteiger partial charge in [0.15, 0.2) is 5.69 Å². The van der Waals surface area contributed by atoms with Crippen molar-refractivity contribution in [3.05, 3.63) is 11.4 Å². The number of methoxy groups -OCH3 is 2. The fourth-order valence-corrected chi connectivity index (χ4v) is 1.83. The summed E-state index contributed by atoms with van der Waals surface area (Å²) < 4.78 is 16.3. The molecule has 0 aliphatic carbocycles. The summed E-state index contributed by atoms with van der Waals surface area (Å²) in [6.45, 7) is 3.26. The number of rotatable bonds is 10. The van der Waals surface area contributed by atoms with Gasteiger partial charge in [-0.3, -0.25) is 0 Å². The number of hydrogen-bond donors (Lipinski definition) is 1. The maximum atomic E-state index is 11.6. The molecule has 8 heteroatoms. The van der Waals surface area contributed by atoms with Gasteiger partial charge in [0.2, 0.25) is 0 Å². The SMILES string of the molecule is CCCc1c(C(=O)OC)nnn1CC(O)COCCOC. The maximum absolute atomic E-state index is 11.6. The van der Waals surface area contributed by atoms with Crippen LogP contribution in [0.15, 0.2) is 0 Å². The number of aromatic nitrogens is 3. The highest BCUT2D eigenvalue weighted by atomic mass is 16.5. The summed E-state index contributed by atoms with van der Waals surface area (Å²) in [6.07, 6.45) is 0.733. The van der Waals surface area contributed by atoms with E-state index in [-0.39, 0.29) is 18.8 Å². The van der Waals surface area contributed by atoms with Crippen LogP contribution in [0.3, 0.4) is 0 Å². The van der Waals surface area contributed by atoms with Crippen molar-refractivity contribution in [1.29, 1.82) is 0 Å². The van der Waals surface area contributed by atoms with E-state index in [2.05, 4.69) is 15.0 Å². The van der Waals surface area contributed by atoms with Crippen molar-refractivity contribution >= 4 is 5.97 Å². The zero-order chi connectivity index (χ0) is 15.7. The molecular weight excluding hydrogens is 278 g/mol. The second kappa shape index (κ2) is 9.43. The van der Waals surface area contributed by atoms with Crippen molar-refractivity contribution in [2.24, 2.45) is 0 Å². The lowest BCUT2D eigenvalue weighted by Crippen LogP contribution is -2.25. The molecule has 1 heterocycles. The van der Waals surface area contributed by atoms with Crippen molar-refractivity contribution in [2.45, 2.75) is 32.4 Å². The molecule has 1 rings (SSSR count). The van der Waals surface area contributed by atoms with Crippen LogP contribution >= 0.6 is 0 Å². The predicted octanol–water partition coefficient (Wildman–Crippen LogP) is 0.0411. The molecule has 1 atom stereocenters. The summed E-state index contributed by atoms with van der Waals surface area (Å²) in [6, 6.07) is 0. The quantitative estimate of drug-likeness (QED) is 0.481. The van der Waals surface area contributed by atoms with Gasteiger partial charge in [0.05, 0.1) is 45.3 Å². The molecule has 120 valence electrons. The Labute approximate surface area is 124 Å². The van der Waals surface area contributed by atoms with Crippen molar-refractivity contribution in [2.75, 3.05) is 34.0 Å². The molecule has 0 bridgehead atoms. The number of esters is 1. The number of aliphatic hydroxyl groups is 1. The van der Waals surface area contributed by atoms with Crippen LogP contribution in [-0.2, 0) is 27.2 Å². The van der Waals surface area contributed by atoms with Crippen molar-refractivity contribution in [1.82, 2.24) is 15.0 Å².